The van der Waals surface area contributed by atoms with Crippen molar-refractivity contribution in [2.75, 3.05) is 21.3 Å². The maximum absolute atomic E-state index is 14.5. The van der Waals surface area contributed by atoms with E-state index in [-0.39, 0.29) is 5.92 Å². The van der Waals surface area contributed by atoms with Crippen molar-refractivity contribution in [3.8, 4) is 23.0 Å². The fraction of sp³-hybridized carbons (Fsp3) is 0.304. The molecule has 3 atom stereocenters. The molecule has 2 aliphatic heterocycles. The van der Waals surface area contributed by atoms with Gasteiger partial charge in [0.15, 0.2) is 0 Å². The van der Waals surface area contributed by atoms with E-state index in [4.69, 9.17) is 20.9 Å². The maximum Gasteiger partial charge on any atom is 0.262 e. The summed E-state index contributed by atoms with van der Waals surface area (Å²) >= 11 is 0. The standard InChI is InChI=1S/C46H48N4O6/c1-25(2)30-16-17-46(7,39-24-41(52)50(45(39)54)34-20-28(5)43(29(6)21-34)56-36-14-10-32(48)11-15-36)38(22-30)37-23-40(51)49(44(37)53)33-18-26(3)42(27(4)19-33)55-35-12-8-31(47)9-13-35/h8-15,18-21,23-25,30,38H,16-17,22,47-48H2,1-7H3. The fourth-order valence-corrected chi connectivity index (χ4v) is 8.59. The first-order valence-corrected chi connectivity index (χ1v) is 19.1. The van der Waals surface area contributed by atoms with Gasteiger partial charge in [0.05, 0.1) is 11.4 Å². The molecule has 2 heterocycles. The van der Waals surface area contributed by atoms with Gasteiger partial charge in [0.2, 0.25) is 0 Å². The van der Waals surface area contributed by atoms with Crippen LogP contribution in [0.2, 0.25) is 0 Å². The molecule has 0 saturated heterocycles. The third-order valence-electron chi connectivity index (χ3n) is 11.8. The first kappa shape index (κ1) is 38.1. The van der Waals surface area contributed by atoms with E-state index < -0.39 is 35.0 Å². The highest BCUT2D eigenvalue weighted by Crippen LogP contribution is 2.55. The van der Waals surface area contributed by atoms with Crippen LogP contribution in [0.15, 0.2) is 96.1 Å². The van der Waals surface area contributed by atoms with Crippen molar-refractivity contribution in [3.63, 3.8) is 0 Å². The van der Waals surface area contributed by atoms with Crippen LogP contribution in [0.25, 0.3) is 0 Å². The Balaban J connectivity index is 1.17. The lowest BCUT2D eigenvalue weighted by atomic mass is 9.57. The van der Waals surface area contributed by atoms with Crippen molar-refractivity contribution in [1.29, 1.82) is 0 Å². The number of nitrogens with two attached hydrogens (primary N) is 2. The van der Waals surface area contributed by atoms with Gasteiger partial charge < -0.3 is 20.9 Å². The summed E-state index contributed by atoms with van der Waals surface area (Å²) in [5, 5.41) is 0. The molecule has 1 fully saturated rings. The van der Waals surface area contributed by atoms with Crippen LogP contribution in [0.4, 0.5) is 22.7 Å². The first-order chi connectivity index (χ1) is 26.5. The molecule has 56 heavy (non-hydrogen) atoms. The summed E-state index contributed by atoms with van der Waals surface area (Å²) in [6.07, 6.45) is 4.84. The van der Waals surface area contributed by atoms with E-state index in [1.165, 1.54) is 22.0 Å². The number of carbonyl (C=O) groups is 4. The lowest BCUT2D eigenvalue weighted by Gasteiger charge is -2.46. The molecule has 4 aromatic rings. The third-order valence-corrected chi connectivity index (χ3v) is 11.8. The number of rotatable bonds is 9. The number of amides is 4. The molecule has 4 amide bonds. The van der Waals surface area contributed by atoms with E-state index in [9.17, 15) is 19.2 Å². The van der Waals surface area contributed by atoms with Gasteiger partial charge in [0.1, 0.15) is 23.0 Å². The molecule has 10 nitrogen and oxygen atoms in total. The zero-order chi connectivity index (χ0) is 40.2. The monoisotopic (exact) mass is 752 g/mol. The second-order valence-electron chi connectivity index (χ2n) is 16.0. The van der Waals surface area contributed by atoms with Gasteiger partial charge in [-0.15, -0.1) is 0 Å². The second-order valence-corrected chi connectivity index (χ2v) is 16.0. The van der Waals surface area contributed by atoms with Gasteiger partial charge in [-0.25, -0.2) is 9.80 Å². The molecular formula is C46H48N4O6. The molecular weight excluding hydrogens is 705 g/mol. The Labute approximate surface area is 327 Å². The number of imide groups is 2. The molecule has 1 saturated carbocycles. The number of anilines is 4. The normalized spacial score (nSPS) is 21.2. The Morgan fingerprint density at radius 1 is 0.661 bits per heavy atom. The third kappa shape index (κ3) is 6.84. The predicted molar refractivity (Wildman–Crippen MR) is 219 cm³/mol. The first-order valence-electron chi connectivity index (χ1n) is 19.1. The van der Waals surface area contributed by atoms with E-state index in [1.807, 2.05) is 34.6 Å². The van der Waals surface area contributed by atoms with Gasteiger partial charge in [-0.05, 0) is 160 Å². The maximum atomic E-state index is 14.5. The molecule has 4 aromatic carbocycles. The van der Waals surface area contributed by atoms with E-state index in [2.05, 4.69) is 13.8 Å². The van der Waals surface area contributed by atoms with Crippen molar-refractivity contribution < 1.29 is 28.7 Å². The Kier molecular flexibility index (Phi) is 9.86. The summed E-state index contributed by atoms with van der Waals surface area (Å²) in [6.45, 7) is 13.8. The van der Waals surface area contributed by atoms with Crippen LogP contribution in [-0.4, -0.2) is 23.6 Å². The smallest absolute Gasteiger partial charge is 0.262 e. The van der Waals surface area contributed by atoms with E-state index in [1.54, 1.807) is 72.8 Å². The molecule has 3 unspecified atom stereocenters. The number of hydrogen-bond donors (Lipinski definition) is 2. The van der Waals surface area contributed by atoms with Crippen molar-refractivity contribution in [3.05, 3.63) is 118 Å². The van der Waals surface area contributed by atoms with Crippen LogP contribution in [0, 0.1) is 50.9 Å². The van der Waals surface area contributed by atoms with Crippen molar-refractivity contribution in [1.82, 2.24) is 0 Å². The Hall–Kier alpha value is -6.16. The molecule has 0 aromatic heterocycles. The predicted octanol–water partition coefficient (Wildman–Crippen LogP) is 9.05. The van der Waals surface area contributed by atoms with E-state index in [0.717, 1.165) is 28.7 Å². The summed E-state index contributed by atoms with van der Waals surface area (Å²) in [7, 11) is 0. The fourth-order valence-electron chi connectivity index (χ4n) is 8.59. The number of nitrogens with zero attached hydrogens (tertiary/aromatic N) is 2. The molecule has 10 heteroatoms. The van der Waals surface area contributed by atoms with Gasteiger partial charge in [0, 0.05) is 40.1 Å². The molecule has 4 N–H and O–H groups in total. The summed E-state index contributed by atoms with van der Waals surface area (Å²) in [4.78, 5) is 59.1. The van der Waals surface area contributed by atoms with Gasteiger partial charge >= 0.3 is 0 Å². The average Bonchev–Trinajstić information content (AvgIpc) is 3.62. The SMILES string of the molecule is Cc1cc(N2C(=O)C=C(C3CC(C(C)C)CCC3(C)C3=CC(=O)N(c4cc(C)c(Oc5ccc(N)cc5)c(C)c4)C3=O)C2=O)cc(C)c1Oc1ccc(N)cc1. The zero-order valence-corrected chi connectivity index (χ0v) is 32.9. The lowest BCUT2D eigenvalue weighted by Crippen LogP contribution is -2.44. The van der Waals surface area contributed by atoms with Gasteiger partial charge in [-0.1, -0.05) is 20.8 Å². The largest absolute Gasteiger partial charge is 0.457 e. The van der Waals surface area contributed by atoms with Gasteiger partial charge in [-0.2, -0.15) is 0 Å². The minimum absolute atomic E-state index is 0.253. The molecule has 0 radical (unpaired) electrons. The van der Waals surface area contributed by atoms with E-state index >= 15 is 0 Å². The number of hydrogen-bond acceptors (Lipinski definition) is 8. The Morgan fingerprint density at radius 2 is 1.09 bits per heavy atom. The van der Waals surface area contributed by atoms with Crippen LogP contribution in [0.5, 0.6) is 23.0 Å². The summed E-state index contributed by atoms with van der Waals surface area (Å²) in [5.41, 5.74) is 16.6. The number of aryl methyl sites for hydroxylation is 4. The Bertz CT molecular complexity index is 2300. The zero-order valence-electron chi connectivity index (χ0n) is 32.9. The van der Waals surface area contributed by atoms with E-state index in [0.29, 0.717) is 75.7 Å². The van der Waals surface area contributed by atoms with Crippen LogP contribution < -0.4 is 30.7 Å². The summed E-state index contributed by atoms with van der Waals surface area (Å²) in [5.74, 6) is 0.838. The molecule has 288 valence electrons. The van der Waals surface area contributed by atoms with Crippen LogP contribution in [0.1, 0.15) is 62.3 Å². The number of ether oxygens (including phenoxy) is 2. The lowest BCUT2D eigenvalue weighted by molar-refractivity contribution is -0.123. The van der Waals surface area contributed by atoms with Crippen molar-refractivity contribution in [2.24, 2.45) is 23.2 Å². The molecule has 1 aliphatic carbocycles. The van der Waals surface area contributed by atoms with Crippen molar-refractivity contribution in [2.45, 2.75) is 67.7 Å². The summed E-state index contributed by atoms with van der Waals surface area (Å²) in [6, 6.07) is 21.3. The molecule has 0 spiro atoms. The number of nitrogen functional groups attached to an aromatic ring is 2. The van der Waals surface area contributed by atoms with Crippen LogP contribution in [-0.2, 0) is 19.2 Å². The summed E-state index contributed by atoms with van der Waals surface area (Å²) < 4.78 is 12.3. The quantitative estimate of drug-likeness (QED) is 0.127. The second kappa shape index (κ2) is 14.5. The van der Waals surface area contributed by atoms with Crippen molar-refractivity contribution >= 4 is 46.4 Å². The minimum atomic E-state index is -0.893. The van der Waals surface area contributed by atoms with Crippen LogP contribution >= 0.6 is 0 Å². The minimum Gasteiger partial charge on any atom is -0.457 e. The van der Waals surface area contributed by atoms with Gasteiger partial charge in [0.25, 0.3) is 23.6 Å². The molecule has 3 aliphatic rings. The number of carbonyl (C=O) groups excluding carboxylic acids is 4. The highest BCUT2D eigenvalue weighted by molar-refractivity contribution is 6.32. The molecule has 7 rings (SSSR count). The highest BCUT2D eigenvalue weighted by atomic mass is 16.5. The Morgan fingerprint density at radius 3 is 1.54 bits per heavy atom. The highest BCUT2D eigenvalue weighted by Gasteiger charge is 2.53. The molecule has 0 bridgehead atoms. The topological polar surface area (TPSA) is 145 Å². The number of benzene rings is 4. The average molecular weight is 753 g/mol. The van der Waals surface area contributed by atoms with Gasteiger partial charge in [-0.3, -0.25) is 19.2 Å². The van der Waals surface area contributed by atoms with Crippen LogP contribution in [0.3, 0.4) is 0 Å².